The zero-order valence-corrected chi connectivity index (χ0v) is 31.3. The third-order valence-corrected chi connectivity index (χ3v) is 7.85. The highest BCUT2D eigenvalue weighted by Gasteiger charge is 2.21. The summed E-state index contributed by atoms with van der Waals surface area (Å²) >= 11 is 0. The molecule has 6 nitrogen and oxygen atoms in total. The van der Waals surface area contributed by atoms with Crippen molar-refractivity contribution in [3.05, 3.63) is 85.3 Å². The van der Waals surface area contributed by atoms with Gasteiger partial charge in [0.1, 0.15) is 13.2 Å². The molecule has 0 fully saturated rings. The zero-order valence-electron chi connectivity index (χ0n) is 30.4. The number of allylic oxidation sites excluding steroid dienone is 13. The Morgan fingerprint density at radius 1 is 0.583 bits per heavy atom. The van der Waals surface area contributed by atoms with Gasteiger partial charge in [-0.05, 0) is 63.9 Å². The number of hydrogen-bond acceptors (Lipinski definition) is 5. The Kier molecular flexibility index (Phi) is 36.9. The number of unbranched alkanes of at least 4 members (excludes halogenated alkanes) is 12. The minimum Gasteiger partial charge on any atom is -0.498 e. The van der Waals surface area contributed by atoms with Crippen LogP contribution in [0.25, 0.3) is 0 Å². The fraction of sp³-hybridized carbons (Fsp3) is 0.634. The smallest absolute Gasteiger partial charge is 0.498 e. The highest BCUT2D eigenvalue weighted by Crippen LogP contribution is 2.16. The Bertz CT molecular complexity index is 947. The third-order valence-electron chi connectivity index (χ3n) is 7.48. The molecule has 0 aliphatic heterocycles. The van der Waals surface area contributed by atoms with Crippen molar-refractivity contribution in [1.82, 2.24) is 0 Å². The highest BCUT2D eigenvalue weighted by atomic mass is 31.1. The van der Waals surface area contributed by atoms with Crippen LogP contribution in [0.2, 0.25) is 0 Å². The molecule has 272 valence electrons. The van der Waals surface area contributed by atoms with Gasteiger partial charge < -0.3 is 9.47 Å². The summed E-state index contributed by atoms with van der Waals surface area (Å²) in [6.45, 7) is 4.29. The topological polar surface area (TPSA) is 82.1 Å². The summed E-state index contributed by atoms with van der Waals surface area (Å²) in [5.41, 5.74) is 0. The fourth-order valence-electron chi connectivity index (χ4n) is 4.75. The van der Waals surface area contributed by atoms with Crippen molar-refractivity contribution in [2.24, 2.45) is 0 Å². The summed E-state index contributed by atoms with van der Waals surface area (Å²) in [4.78, 5) is 21.3. The maximum Gasteiger partial charge on any atom is 0.694 e. The molecule has 0 aliphatic rings. The van der Waals surface area contributed by atoms with Crippen molar-refractivity contribution in [3.8, 4) is 0 Å². The molecule has 48 heavy (non-hydrogen) atoms. The summed E-state index contributed by atoms with van der Waals surface area (Å²) < 4.78 is 26.7. The molecular weight excluding hydrogens is 619 g/mol. The molecule has 0 aromatic carbocycles. The molecule has 2 atom stereocenters. The molecule has 0 spiro atoms. The first-order valence-electron chi connectivity index (χ1n) is 18.7. The molecular formula is C41H68O6P+. The average Bonchev–Trinajstić information content (AvgIpc) is 3.07. The molecule has 0 rings (SSSR count). The monoisotopic (exact) mass is 687 g/mol. The van der Waals surface area contributed by atoms with Crippen LogP contribution in [0.15, 0.2) is 85.3 Å². The van der Waals surface area contributed by atoms with Crippen LogP contribution in [0, 0.1) is 0 Å². The van der Waals surface area contributed by atoms with Crippen LogP contribution >= 0.6 is 8.25 Å². The number of hydrogen-bond donors (Lipinski definition) is 1. The van der Waals surface area contributed by atoms with Crippen LogP contribution in [0.3, 0.4) is 0 Å². The van der Waals surface area contributed by atoms with E-state index in [9.17, 15) is 9.36 Å². The molecule has 2 unspecified atom stereocenters. The largest absolute Gasteiger partial charge is 0.694 e. The van der Waals surface area contributed by atoms with Gasteiger partial charge in [0, 0.05) is 11.0 Å². The molecule has 0 amide bonds. The van der Waals surface area contributed by atoms with E-state index in [-0.39, 0.29) is 25.6 Å². The second kappa shape index (κ2) is 38.9. The quantitative estimate of drug-likeness (QED) is 0.0238. The second-order valence-electron chi connectivity index (χ2n) is 12.0. The minimum absolute atomic E-state index is 0.0732. The van der Waals surface area contributed by atoms with Gasteiger partial charge in [-0.1, -0.05) is 157 Å². The van der Waals surface area contributed by atoms with E-state index < -0.39 is 14.4 Å². The molecule has 0 bridgehead atoms. The van der Waals surface area contributed by atoms with Gasteiger partial charge in [-0.25, -0.2) is 0 Å². The first kappa shape index (κ1) is 45.5. The normalized spacial score (nSPS) is 13.5. The van der Waals surface area contributed by atoms with Gasteiger partial charge in [0.15, 0.2) is 6.10 Å². The summed E-state index contributed by atoms with van der Waals surface area (Å²) in [6, 6.07) is 0. The van der Waals surface area contributed by atoms with Crippen LogP contribution in [0.5, 0.6) is 0 Å². The Morgan fingerprint density at radius 2 is 1.04 bits per heavy atom. The van der Waals surface area contributed by atoms with Crippen molar-refractivity contribution in [2.45, 2.75) is 155 Å². The average molecular weight is 688 g/mol. The molecule has 0 heterocycles. The first-order valence-corrected chi connectivity index (χ1v) is 19.9. The second-order valence-corrected chi connectivity index (χ2v) is 12.7. The van der Waals surface area contributed by atoms with E-state index in [2.05, 4.69) is 74.6 Å². The molecule has 0 saturated carbocycles. The Hall–Kier alpha value is -2.53. The van der Waals surface area contributed by atoms with E-state index in [1.54, 1.807) is 6.26 Å². The number of rotatable bonds is 34. The van der Waals surface area contributed by atoms with Crippen LogP contribution in [-0.4, -0.2) is 30.2 Å². The van der Waals surface area contributed by atoms with Gasteiger partial charge in [0.25, 0.3) is 0 Å². The standard InChI is InChI=1S/C41H67O6P/c1-3-5-7-9-11-13-15-17-19-20-21-22-23-24-26-28-30-32-34-36-41(42)47-40(39-46-48(43)44)38-45-37-35-33-31-29-27-25-18-16-14-12-10-8-6-4-2/h5,7,11,13,17,19,21-22,24,26,30,32,35,37,40H,3-4,6,8-10,12,14-16,18,20,23,25,27-29,31,33-34,36,38-39H2,1-2H3/p+1/b7-5-,13-11-,19-17-,22-21-,26-24-,32-30-,37-35-. The summed E-state index contributed by atoms with van der Waals surface area (Å²) in [6.07, 6.45) is 51.9. The number of esters is 1. The Labute approximate surface area is 295 Å². The lowest BCUT2D eigenvalue weighted by molar-refractivity contribution is -0.152. The molecule has 1 N–H and O–H groups in total. The third kappa shape index (κ3) is 37.9. The maximum atomic E-state index is 12.3. The van der Waals surface area contributed by atoms with E-state index in [1.165, 1.54) is 70.6 Å². The predicted octanol–water partition coefficient (Wildman–Crippen LogP) is 12.7. The summed E-state index contributed by atoms with van der Waals surface area (Å²) in [7, 11) is -2.77. The molecule has 7 heteroatoms. The van der Waals surface area contributed by atoms with Gasteiger partial charge in [0.05, 0.1) is 6.26 Å². The van der Waals surface area contributed by atoms with Crippen molar-refractivity contribution < 1.29 is 28.3 Å². The van der Waals surface area contributed by atoms with Crippen molar-refractivity contribution in [3.63, 3.8) is 0 Å². The zero-order chi connectivity index (χ0) is 35.0. The highest BCUT2D eigenvalue weighted by molar-refractivity contribution is 7.32. The van der Waals surface area contributed by atoms with E-state index in [4.69, 9.17) is 18.9 Å². The van der Waals surface area contributed by atoms with Crippen LogP contribution in [-0.2, 0) is 23.4 Å². The minimum atomic E-state index is -2.77. The number of carbonyl (C=O) groups is 1. The van der Waals surface area contributed by atoms with Gasteiger partial charge >= 0.3 is 14.2 Å². The number of ether oxygens (including phenoxy) is 2. The van der Waals surface area contributed by atoms with E-state index in [1.807, 2.05) is 18.2 Å². The van der Waals surface area contributed by atoms with Crippen molar-refractivity contribution >= 4 is 14.2 Å². The predicted molar refractivity (Wildman–Crippen MR) is 204 cm³/mol. The van der Waals surface area contributed by atoms with Gasteiger partial charge in [-0.3, -0.25) is 4.79 Å². The molecule has 0 aromatic rings. The van der Waals surface area contributed by atoms with Crippen molar-refractivity contribution in [1.29, 1.82) is 0 Å². The molecule has 0 aromatic heterocycles. The fourth-order valence-corrected chi connectivity index (χ4v) is 5.04. The van der Waals surface area contributed by atoms with Crippen LogP contribution in [0.1, 0.15) is 149 Å². The van der Waals surface area contributed by atoms with Crippen molar-refractivity contribution in [2.75, 3.05) is 13.2 Å². The van der Waals surface area contributed by atoms with E-state index >= 15 is 0 Å². The summed E-state index contributed by atoms with van der Waals surface area (Å²) in [5.74, 6) is -0.389. The first-order chi connectivity index (χ1) is 23.6. The van der Waals surface area contributed by atoms with Crippen LogP contribution < -0.4 is 0 Å². The van der Waals surface area contributed by atoms with Gasteiger partial charge in [-0.15, -0.1) is 9.42 Å². The lowest BCUT2D eigenvalue weighted by Crippen LogP contribution is -2.27. The van der Waals surface area contributed by atoms with Crippen LogP contribution in [0.4, 0.5) is 0 Å². The van der Waals surface area contributed by atoms with Gasteiger partial charge in [-0.2, -0.15) is 0 Å². The van der Waals surface area contributed by atoms with Gasteiger partial charge in [0.2, 0.25) is 0 Å². The Balaban J connectivity index is 3.97. The maximum absolute atomic E-state index is 12.3. The SMILES string of the molecule is CC/C=C\C/C=C\C/C=C\C/C=C\C/C=C\C/C=C\CCC(=O)OC(CO/C=C\CCCCCCCCCCCCCC)CO[P+](=O)O. The molecule has 0 aliphatic carbocycles. The lowest BCUT2D eigenvalue weighted by atomic mass is 10.0. The molecule has 0 radical (unpaired) electrons. The summed E-state index contributed by atoms with van der Waals surface area (Å²) in [5, 5.41) is 0. The Morgan fingerprint density at radius 3 is 1.52 bits per heavy atom. The van der Waals surface area contributed by atoms with E-state index in [0.717, 1.165) is 51.4 Å². The lowest BCUT2D eigenvalue weighted by Gasteiger charge is -2.14. The number of carbonyl (C=O) groups excluding carboxylic acids is 1. The molecule has 0 saturated heterocycles. The van der Waals surface area contributed by atoms with E-state index in [0.29, 0.717) is 6.42 Å².